The molecule has 0 unspecified atom stereocenters. The minimum absolute atomic E-state index is 0.666. The maximum atomic E-state index is 6.30. The molecular weight excluding hydrogens is 292 g/mol. The van der Waals surface area contributed by atoms with Crippen LogP contribution in [0, 0.1) is 6.92 Å². The first-order chi connectivity index (χ1) is 9.75. The average molecular weight is 305 g/mol. The average Bonchev–Trinajstić information content (AvgIpc) is 3.08. The lowest BCUT2D eigenvalue weighted by atomic mass is 10.2. The zero-order valence-corrected chi connectivity index (χ0v) is 12.4. The number of halogens is 1. The number of para-hydroxylation sites is 1. The minimum atomic E-state index is 0.666. The van der Waals surface area contributed by atoms with E-state index in [-0.39, 0.29) is 0 Å². The van der Waals surface area contributed by atoms with E-state index in [2.05, 4.69) is 15.4 Å². The summed E-state index contributed by atoms with van der Waals surface area (Å²) in [4.78, 5) is 5.47. The fourth-order valence-electron chi connectivity index (χ4n) is 1.96. The van der Waals surface area contributed by atoms with Crippen LogP contribution in [0.4, 0.5) is 5.69 Å². The Morgan fingerprint density at radius 3 is 2.95 bits per heavy atom. The molecule has 102 valence electrons. The summed E-state index contributed by atoms with van der Waals surface area (Å²) in [6.07, 6.45) is 3.62. The topological polar surface area (TPSA) is 42.7 Å². The van der Waals surface area contributed by atoms with Crippen molar-refractivity contribution in [1.29, 1.82) is 0 Å². The van der Waals surface area contributed by atoms with Gasteiger partial charge in [0.05, 0.1) is 28.5 Å². The zero-order valence-electron chi connectivity index (χ0n) is 10.9. The predicted molar refractivity (Wildman–Crippen MR) is 82.8 cm³/mol. The van der Waals surface area contributed by atoms with Crippen molar-refractivity contribution < 1.29 is 0 Å². The maximum Gasteiger partial charge on any atom is 0.106 e. The number of hydrogen-bond acceptors (Lipinski definition) is 4. The lowest BCUT2D eigenvalue weighted by Gasteiger charge is -2.13. The molecule has 0 spiro atoms. The number of aromatic nitrogens is 3. The maximum absolute atomic E-state index is 6.30. The van der Waals surface area contributed by atoms with Gasteiger partial charge in [0.2, 0.25) is 0 Å². The zero-order chi connectivity index (χ0) is 13.9. The molecule has 6 heteroatoms. The van der Waals surface area contributed by atoms with Gasteiger partial charge in [0.15, 0.2) is 0 Å². The standard InChI is InChI=1S/C14H13ClN4S/c1-10-13(20-9-17-10)8-16-12-5-2-4-11(15)14(12)19-7-3-6-18-19/h2-7,9,16H,8H2,1H3. The Kier molecular flexibility index (Phi) is 3.71. The molecule has 3 rings (SSSR count). The third-order valence-electron chi connectivity index (χ3n) is 3.00. The fraction of sp³-hybridized carbons (Fsp3) is 0.143. The Hall–Kier alpha value is -1.85. The van der Waals surface area contributed by atoms with Crippen molar-refractivity contribution in [1.82, 2.24) is 14.8 Å². The van der Waals surface area contributed by atoms with E-state index in [0.29, 0.717) is 5.02 Å². The summed E-state index contributed by atoms with van der Waals surface area (Å²) in [6, 6.07) is 7.67. The van der Waals surface area contributed by atoms with Crippen molar-refractivity contribution in [3.8, 4) is 5.69 Å². The van der Waals surface area contributed by atoms with Crippen LogP contribution in [0.25, 0.3) is 5.69 Å². The van der Waals surface area contributed by atoms with E-state index >= 15 is 0 Å². The SMILES string of the molecule is Cc1ncsc1CNc1cccc(Cl)c1-n1cccn1. The predicted octanol–water partition coefficient (Wildman–Crippen LogP) is 3.90. The second-order valence-corrected chi connectivity index (χ2v) is 5.65. The molecule has 0 aliphatic carbocycles. The lowest BCUT2D eigenvalue weighted by molar-refractivity contribution is 0.879. The normalized spacial score (nSPS) is 10.7. The molecule has 4 nitrogen and oxygen atoms in total. The first-order valence-electron chi connectivity index (χ1n) is 6.17. The van der Waals surface area contributed by atoms with Crippen LogP contribution >= 0.6 is 22.9 Å². The van der Waals surface area contributed by atoms with Gasteiger partial charge in [0, 0.05) is 17.3 Å². The van der Waals surface area contributed by atoms with Crippen molar-refractivity contribution >= 4 is 28.6 Å². The van der Waals surface area contributed by atoms with Gasteiger partial charge in [-0.2, -0.15) is 5.10 Å². The summed E-state index contributed by atoms with van der Waals surface area (Å²) in [7, 11) is 0. The monoisotopic (exact) mass is 304 g/mol. The van der Waals surface area contributed by atoms with Gasteiger partial charge in [-0.15, -0.1) is 11.3 Å². The van der Waals surface area contributed by atoms with Gasteiger partial charge < -0.3 is 5.32 Å². The van der Waals surface area contributed by atoms with E-state index in [1.165, 1.54) is 4.88 Å². The van der Waals surface area contributed by atoms with Gasteiger partial charge in [0.1, 0.15) is 5.69 Å². The molecule has 3 aromatic rings. The van der Waals surface area contributed by atoms with E-state index in [9.17, 15) is 0 Å². The van der Waals surface area contributed by atoms with Gasteiger partial charge in [-0.3, -0.25) is 0 Å². The molecule has 0 radical (unpaired) electrons. The molecule has 0 saturated carbocycles. The molecule has 0 aliphatic rings. The van der Waals surface area contributed by atoms with E-state index in [1.807, 2.05) is 42.9 Å². The van der Waals surface area contributed by atoms with Gasteiger partial charge in [0.25, 0.3) is 0 Å². The Bertz CT molecular complexity index is 706. The summed E-state index contributed by atoms with van der Waals surface area (Å²) in [5.41, 5.74) is 4.74. The number of benzene rings is 1. The Balaban J connectivity index is 1.90. The molecule has 0 atom stereocenters. The first kappa shape index (κ1) is 13.1. The van der Waals surface area contributed by atoms with Gasteiger partial charge in [-0.1, -0.05) is 17.7 Å². The largest absolute Gasteiger partial charge is 0.378 e. The van der Waals surface area contributed by atoms with Crippen molar-refractivity contribution in [2.75, 3.05) is 5.32 Å². The van der Waals surface area contributed by atoms with Crippen molar-refractivity contribution in [3.05, 3.63) is 57.8 Å². The molecule has 0 amide bonds. The molecule has 2 aromatic heterocycles. The third-order valence-corrected chi connectivity index (χ3v) is 4.24. The highest BCUT2D eigenvalue weighted by atomic mass is 35.5. The molecule has 0 saturated heterocycles. The third kappa shape index (κ3) is 2.55. The number of aryl methyl sites for hydroxylation is 1. The van der Waals surface area contributed by atoms with Crippen LogP contribution in [0.1, 0.15) is 10.6 Å². The summed E-state index contributed by atoms with van der Waals surface area (Å²) in [5, 5.41) is 8.33. The summed E-state index contributed by atoms with van der Waals surface area (Å²) in [6.45, 7) is 2.74. The molecule has 2 heterocycles. The van der Waals surface area contributed by atoms with Crippen molar-refractivity contribution in [3.63, 3.8) is 0 Å². The number of hydrogen-bond donors (Lipinski definition) is 1. The van der Waals surface area contributed by atoms with Crippen LogP contribution in [0.2, 0.25) is 5.02 Å². The van der Waals surface area contributed by atoms with Crippen LogP contribution in [0.3, 0.4) is 0 Å². The first-order valence-corrected chi connectivity index (χ1v) is 7.43. The number of nitrogens with one attached hydrogen (secondary N) is 1. The summed E-state index contributed by atoms with van der Waals surface area (Å²) in [5.74, 6) is 0. The molecule has 20 heavy (non-hydrogen) atoms. The lowest BCUT2D eigenvalue weighted by Crippen LogP contribution is -2.05. The van der Waals surface area contributed by atoms with Crippen LogP contribution in [0.15, 0.2) is 42.2 Å². The van der Waals surface area contributed by atoms with E-state index < -0.39 is 0 Å². The van der Waals surface area contributed by atoms with Crippen LogP contribution in [-0.2, 0) is 6.54 Å². The number of rotatable bonds is 4. The van der Waals surface area contributed by atoms with Gasteiger partial charge in [-0.05, 0) is 25.1 Å². The fourth-order valence-corrected chi connectivity index (χ4v) is 2.94. The number of nitrogens with zero attached hydrogens (tertiary/aromatic N) is 3. The van der Waals surface area contributed by atoms with Gasteiger partial charge in [-0.25, -0.2) is 9.67 Å². The Morgan fingerprint density at radius 1 is 1.35 bits per heavy atom. The minimum Gasteiger partial charge on any atom is -0.378 e. The molecule has 0 aliphatic heterocycles. The van der Waals surface area contributed by atoms with E-state index in [0.717, 1.165) is 23.6 Å². The molecule has 0 fully saturated rings. The molecule has 1 aromatic carbocycles. The number of anilines is 1. The highest BCUT2D eigenvalue weighted by Gasteiger charge is 2.10. The van der Waals surface area contributed by atoms with Crippen molar-refractivity contribution in [2.45, 2.75) is 13.5 Å². The van der Waals surface area contributed by atoms with E-state index in [1.54, 1.807) is 22.2 Å². The Labute approximate surface area is 126 Å². The molecule has 0 bridgehead atoms. The van der Waals surface area contributed by atoms with E-state index in [4.69, 9.17) is 11.6 Å². The van der Waals surface area contributed by atoms with Gasteiger partial charge >= 0.3 is 0 Å². The van der Waals surface area contributed by atoms with Crippen LogP contribution in [0.5, 0.6) is 0 Å². The number of thiazole rings is 1. The smallest absolute Gasteiger partial charge is 0.106 e. The van der Waals surface area contributed by atoms with Crippen LogP contribution in [-0.4, -0.2) is 14.8 Å². The summed E-state index contributed by atoms with van der Waals surface area (Å²) >= 11 is 7.95. The second-order valence-electron chi connectivity index (χ2n) is 4.30. The second kappa shape index (κ2) is 5.64. The Morgan fingerprint density at radius 2 is 2.25 bits per heavy atom. The summed E-state index contributed by atoms with van der Waals surface area (Å²) < 4.78 is 1.77. The highest BCUT2D eigenvalue weighted by Crippen LogP contribution is 2.28. The highest BCUT2D eigenvalue weighted by molar-refractivity contribution is 7.09. The van der Waals surface area contributed by atoms with Crippen molar-refractivity contribution in [2.24, 2.45) is 0 Å². The van der Waals surface area contributed by atoms with Crippen LogP contribution < -0.4 is 5.32 Å². The molecule has 1 N–H and O–H groups in total. The molecular formula is C14H13ClN4S. The quantitative estimate of drug-likeness (QED) is 0.795.